The molecule has 28 heavy (non-hydrogen) atoms. The van der Waals surface area contributed by atoms with Gasteiger partial charge in [0.25, 0.3) is 0 Å². The van der Waals surface area contributed by atoms with E-state index in [1.54, 1.807) is 12.1 Å². The van der Waals surface area contributed by atoms with Crippen molar-refractivity contribution in [3.05, 3.63) is 59.5 Å². The highest BCUT2D eigenvalue weighted by atomic mass is 32.1. The average Bonchev–Trinajstić information content (AvgIpc) is 3.06. The minimum Gasteiger partial charge on any atom is -0.399 e. The lowest BCUT2D eigenvalue weighted by Crippen LogP contribution is -1.96. The molecule has 0 atom stereocenters. The zero-order chi connectivity index (χ0) is 19.3. The Morgan fingerprint density at radius 2 is 1.64 bits per heavy atom. The van der Waals surface area contributed by atoms with Gasteiger partial charge < -0.3 is 16.8 Å². The van der Waals surface area contributed by atoms with Crippen molar-refractivity contribution >= 4 is 71.2 Å². The summed E-state index contributed by atoms with van der Waals surface area (Å²) in [5.74, 6) is 0. The first-order valence-electron chi connectivity index (χ1n) is 8.50. The van der Waals surface area contributed by atoms with E-state index in [0.29, 0.717) is 22.0 Å². The lowest BCUT2D eigenvalue weighted by molar-refractivity contribution is 1.45. The Hall–Kier alpha value is -3.78. The van der Waals surface area contributed by atoms with Crippen LogP contribution >= 0.6 is 11.3 Å². The van der Waals surface area contributed by atoms with Crippen LogP contribution in [0.5, 0.6) is 0 Å². The van der Waals surface area contributed by atoms with E-state index in [9.17, 15) is 4.91 Å². The summed E-state index contributed by atoms with van der Waals surface area (Å²) < 4.78 is 1.00. The van der Waals surface area contributed by atoms with Crippen LogP contribution in [0, 0.1) is 4.91 Å². The number of benzene rings is 3. The molecule has 0 amide bonds. The third-order valence-corrected chi connectivity index (χ3v) is 5.41. The molecule has 5 aromatic rings. The van der Waals surface area contributed by atoms with E-state index >= 15 is 0 Å². The van der Waals surface area contributed by atoms with Crippen LogP contribution in [0.1, 0.15) is 0 Å². The van der Waals surface area contributed by atoms with Crippen molar-refractivity contribution in [2.75, 3.05) is 16.8 Å². The molecular weight excluding hydrogens is 372 g/mol. The number of nitrogens with one attached hydrogen (secondary N) is 1. The van der Waals surface area contributed by atoms with Crippen molar-refractivity contribution in [3.8, 4) is 0 Å². The number of nitrogens with zero attached hydrogens (tertiary/aromatic N) is 3. The fourth-order valence-electron chi connectivity index (χ4n) is 3.31. The van der Waals surface area contributed by atoms with Gasteiger partial charge in [0.1, 0.15) is 5.69 Å². The van der Waals surface area contributed by atoms with Gasteiger partial charge in [-0.1, -0.05) is 11.3 Å². The standard InChI is InChI=1S/C20H14N6OS/c21-10-1-4-13-16(7-10)24-17-8-12(26-27)2-5-14(17)19(13)23-11-3-6-15-18(9-11)28-20(22)25-15/h1-9H,21H2,(H2,22,25)(H,23,24). The maximum absolute atomic E-state index is 10.9. The maximum atomic E-state index is 10.9. The van der Waals surface area contributed by atoms with Crippen LogP contribution in [0.3, 0.4) is 0 Å². The van der Waals surface area contributed by atoms with E-state index in [1.807, 2.05) is 42.5 Å². The largest absolute Gasteiger partial charge is 0.399 e. The molecule has 5 N–H and O–H groups in total. The van der Waals surface area contributed by atoms with Gasteiger partial charge in [-0.15, -0.1) is 4.91 Å². The highest BCUT2D eigenvalue weighted by molar-refractivity contribution is 7.22. The van der Waals surface area contributed by atoms with E-state index in [1.165, 1.54) is 11.3 Å². The summed E-state index contributed by atoms with van der Waals surface area (Å²) in [5, 5.41) is 8.86. The molecule has 0 aliphatic carbocycles. The van der Waals surface area contributed by atoms with Crippen molar-refractivity contribution in [3.63, 3.8) is 0 Å². The Labute approximate surface area is 163 Å². The molecule has 0 saturated carbocycles. The zero-order valence-electron chi connectivity index (χ0n) is 14.5. The molecule has 0 aliphatic rings. The minimum absolute atomic E-state index is 0.329. The van der Waals surface area contributed by atoms with Crippen molar-refractivity contribution in [1.29, 1.82) is 0 Å². The fraction of sp³-hybridized carbons (Fsp3) is 0. The number of pyridine rings is 1. The van der Waals surface area contributed by atoms with Crippen molar-refractivity contribution < 1.29 is 0 Å². The van der Waals surface area contributed by atoms with Gasteiger partial charge in [-0.2, -0.15) is 0 Å². The number of fused-ring (bicyclic) bond motifs is 3. The van der Waals surface area contributed by atoms with Gasteiger partial charge in [0.05, 0.1) is 26.9 Å². The number of anilines is 4. The van der Waals surface area contributed by atoms with E-state index in [2.05, 4.69) is 20.5 Å². The van der Waals surface area contributed by atoms with E-state index in [-0.39, 0.29) is 0 Å². The predicted molar refractivity (Wildman–Crippen MR) is 116 cm³/mol. The molecule has 0 fully saturated rings. The molecule has 3 aromatic carbocycles. The normalized spacial score (nSPS) is 11.3. The molecule has 2 aromatic heterocycles. The molecule has 2 heterocycles. The van der Waals surface area contributed by atoms with Crippen molar-refractivity contribution in [2.24, 2.45) is 5.18 Å². The average molecular weight is 386 g/mol. The smallest absolute Gasteiger partial charge is 0.181 e. The zero-order valence-corrected chi connectivity index (χ0v) is 15.3. The first kappa shape index (κ1) is 16.4. The van der Waals surface area contributed by atoms with Crippen LogP contribution < -0.4 is 16.8 Å². The summed E-state index contributed by atoms with van der Waals surface area (Å²) in [6.45, 7) is 0. The number of rotatable bonds is 3. The first-order valence-corrected chi connectivity index (χ1v) is 9.32. The van der Waals surface area contributed by atoms with E-state index in [0.717, 1.165) is 37.9 Å². The second kappa shape index (κ2) is 6.14. The van der Waals surface area contributed by atoms with Crippen LogP contribution in [0.2, 0.25) is 0 Å². The maximum Gasteiger partial charge on any atom is 0.181 e. The molecule has 5 rings (SSSR count). The quantitative estimate of drug-likeness (QED) is 0.220. The predicted octanol–water partition coefficient (Wildman–Crippen LogP) is 5.30. The first-order chi connectivity index (χ1) is 13.6. The number of hydrogen-bond donors (Lipinski definition) is 3. The molecule has 0 unspecified atom stereocenters. The fourth-order valence-corrected chi connectivity index (χ4v) is 4.08. The Balaban J connectivity index is 1.75. The number of nitrogen functional groups attached to an aromatic ring is 2. The number of nitrogens with two attached hydrogens (primary N) is 2. The molecule has 0 bridgehead atoms. The summed E-state index contributed by atoms with van der Waals surface area (Å²) in [6.07, 6.45) is 0. The summed E-state index contributed by atoms with van der Waals surface area (Å²) in [4.78, 5) is 19.9. The molecule has 0 radical (unpaired) electrons. The summed E-state index contributed by atoms with van der Waals surface area (Å²) >= 11 is 1.44. The Kier molecular flexibility index (Phi) is 3.59. The lowest BCUT2D eigenvalue weighted by atomic mass is 10.1. The molecule has 136 valence electrons. The summed E-state index contributed by atoms with van der Waals surface area (Å²) in [6, 6.07) is 16.7. The highest BCUT2D eigenvalue weighted by Crippen LogP contribution is 2.36. The number of aromatic nitrogens is 2. The van der Waals surface area contributed by atoms with Gasteiger partial charge in [-0.3, -0.25) is 0 Å². The molecular formula is C20H14N6OS. The van der Waals surface area contributed by atoms with Gasteiger partial charge in [-0.05, 0) is 59.8 Å². The van der Waals surface area contributed by atoms with Gasteiger partial charge in [0.2, 0.25) is 0 Å². The number of hydrogen-bond acceptors (Lipinski definition) is 8. The van der Waals surface area contributed by atoms with Gasteiger partial charge in [0.15, 0.2) is 5.13 Å². The molecule has 8 heteroatoms. The molecule has 0 spiro atoms. The van der Waals surface area contributed by atoms with Crippen LogP contribution in [0.25, 0.3) is 32.0 Å². The topological polar surface area (TPSA) is 119 Å². The van der Waals surface area contributed by atoms with E-state index < -0.39 is 0 Å². The lowest BCUT2D eigenvalue weighted by Gasteiger charge is -2.14. The summed E-state index contributed by atoms with van der Waals surface area (Å²) in [7, 11) is 0. The molecule has 0 aliphatic heterocycles. The third-order valence-electron chi connectivity index (χ3n) is 4.56. The highest BCUT2D eigenvalue weighted by Gasteiger charge is 2.12. The summed E-state index contributed by atoms with van der Waals surface area (Å²) in [5.41, 5.74) is 16.8. The van der Waals surface area contributed by atoms with Gasteiger partial charge >= 0.3 is 0 Å². The number of thiazole rings is 1. The van der Waals surface area contributed by atoms with Gasteiger partial charge in [-0.25, -0.2) is 9.97 Å². The monoisotopic (exact) mass is 386 g/mol. The SMILES string of the molecule is Nc1ccc2c(Nc3ccc4nc(N)sc4c3)c3ccc(N=O)cc3nc2c1. The van der Waals surface area contributed by atoms with E-state index in [4.69, 9.17) is 11.5 Å². The van der Waals surface area contributed by atoms with Crippen LogP contribution in [0.4, 0.5) is 27.9 Å². The van der Waals surface area contributed by atoms with Crippen molar-refractivity contribution in [2.45, 2.75) is 0 Å². The van der Waals surface area contributed by atoms with Crippen LogP contribution in [-0.4, -0.2) is 9.97 Å². The second-order valence-electron chi connectivity index (χ2n) is 6.42. The second-order valence-corrected chi connectivity index (χ2v) is 7.48. The Morgan fingerprint density at radius 3 is 2.46 bits per heavy atom. The van der Waals surface area contributed by atoms with Crippen molar-refractivity contribution in [1.82, 2.24) is 9.97 Å². The minimum atomic E-state index is 0.329. The Morgan fingerprint density at radius 1 is 0.857 bits per heavy atom. The molecule has 0 saturated heterocycles. The Bertz CT molecular complexity index is 1390. The number of nitroso groups, excluding NO2 is 1. The molecule has 7 nitrogen and oxygen atoms in total. The van der Waals surface area contributed by atoms with Crippen LogP contribution in [0.15, 0.2) is 59.8 Å². The van der Waals surface area contributed by atoms with Gasteiger partial charge in [0, 0.05) is 22.1 Å². The van der Waals surface area contributed by atoms with Crippen LogP contribution in [-0.2, 0) is 0 Å². The third kappa shape index (κ3) is 2.67.